The number of furan rings is 1. The Morgan fingerprint density at radius 3 is 2.86 bits per heavy atom. The Balaban J connectivity index is 1.94. The van der Waals surface area contributed by atoms with Crippen molar-refractivity contribution in [1.82, 2.24) is 4.31 Å². The van der Waals surface area contributed by atoms with Gasteiger partial charge in [-0.1, -0.05) is 12.8 Å². The Morgan fingerprint density at radius 2 is 2.14 bits per heavy atom. The standard InChI is InChI=1S/C14H20ClNO4S/c1-10-14(8-11(9-15)20-10)21(17,18)16-6-7-19-13-5-3-2-4-12(13)16/h8,12-13H,2-7,9H2,1H3. The maximum Gasteiger partial charge on any atom is 0.246 e. The van der Waals surface area contributed by atoms with Gasteiger partial charge in [-0.2, -0.15) is 4.31 Å². The van der Waals surface area contributed by atoms with E-state index < -0.39 is 10.0 Å². The molecule has 1 saturated carbocycles. The second kappa shape index (κ2) is 5.91. The summed E-state index contributed by atoms with van der Waals surface area (Å²) in [5.74, 6) is 1.07. The minimum absolute atomic E-state index is 0.0296. The molecule has 1 aliphatic carbocycles. The molecule has 1 saturated heterocycles. The maximum absolute atomic E-state index is 13.0. The monoisotopic (exact) mass is 333 g/mol. The van der Waals surface area contributed by atoms with Crippen molar-refractivity contribution >= 4 is 21.6 Å². The van der Waals surface area contributed by atoms with Gasteiger partial charge in [0.05, 0.1) is 24.6 Å². The number of aryl methyl sites for hydroxylation is 1. The SMILES string of the molecule is Cc1oc(CCl)cc1S(=O)(=O)N1CCOC2CCCCC21. The minimum Gasteiger partial charge on any atom is -0.464 e. The normalized spacial score (nSPS) is 27.5. The van der Waals surface area contributed by atoms with Gasteiger partial charge in [0.1, 0.15) is 16.4 Å². The fourth-order valence-corrected chi connectivity index (χ4v) is 5.31. The second-order valence-corrected chi connectivity index (χ2v) is 7.77. The fourth-order valence-electron chi connectivity index (χ4n) is 3.33. The van der Waals surface area contributed by atoms with Gasteiger partial charge in [0.2, 0.25) is 10.0 Å². The van der Waals surface area contributed by atoms with Gasteiger partial charge in [0.15, 0.2) is 0 Å². The van der Waals surface area contributed by atoms with E-state index in [9.17, 15) is 8.42 Å². The van der Waals surface area contributed by atoms with Crippen LogP contribution in [0.4, 0.5) is 0 Å². The second-order valence-electron chi connectivity index (χ2n) is 5.64. The summed E-state index contributed by atoms with van der Waals surface area (Å²) in [6.45, 7) is 2.53. The van der Waals surface area contributed by atoms with Crippen LogP contribution in [0.2, 0.25) is 0 Å². The van der Waals surface area contributed by atoms with Crippen molar-refractivity contribution in [2.75, 3.05) is 13.2 Å². The van der Waals surface area contributed by atoms with Gasteiger partial charge in [-0.05, 0) is 19.8 Å². The van der Waals surface area contributed by atoms with Crippen molar-refractivity contribution in [1.29, 1.82) is 0 Å². The Bertz CT molecular complexity index is 610. The molecule has 1 aromatic rings. The van der Waals surface area contributed by atoms with Crippen LogP contribution < -0.4 is 0 Å². The van der Waals surface area contributed by atoms with E-state index >= 15 is 0 Å². The van der Waals surface area contributed by atoms with Gasteiger partial charge in [-0.15, -0.1) is 11.6 Å². The van der Waals surface area contributed by atoms with Crippen LogP contribution in [0.15, 0.2) is 15.4 Å². The Morgan fingerprint density at radius 1 is 1.38 bits per heavy atom. The lowest BCUT2D eigenvalue weighted by molar-refractivity contribution is -0.0586. The first-order valence-corrected chi connectivity index (χ1v) is 9.30. The number of alkyl halides is 1. The molecule has 21 heavy (non-hydrogen) atoms. The van der Waals surface area contributed by atoms with E-state index in [0.29, 0.717) is 24.7 Å². The van der Waals surface area contributed by atoms with Gasteiger partial charge >= 0.3 is 0 Å². The van der Waals surface area contributed by atoms with Crippen LogP contribution in [0.25, 0.3) is 0 Å². The highest BCUT2D eigenvalue weighted by atomic mass is 35.5. The molecule has 2 heterocycles. The van der Waals surface area contributed by atoms with E-state index in [-0.39, 0.29) is 22.9 Å². The largest absolute Gasteiger partial charge is 0.464 e. The average molecular weight is 334 g/mol. The summed E-state index contributed by atoms with van der Waals surface area (Å²) in [5.41, 5.74) is 0. The third-order valence-electron chi connectivity index (χ3n) is 4.32. The molecule has 0 aromatic carbocycles. The summed E-state index contributed by atoms with van der Waals surface area (Å²) < 4.78 is 38.7. The number of ether oxygens (including phenoxy) is 1. The summed E-state index contributed by atoms with van der Waals surface area (Å²) in [6, 6.07) is 1.50. The zero-order valence-electron chi connectivity index (χ0n) is 12.0. The highest BCUT2D eigenvalue weighted by Gasteiger charge is 2.41. The number of nitrogens with zero attached hydrogens (tertiary/aromatic N) is 1. The van der Waals surface area contributed by atoms with Gasteiger partial charge in [-0.3, -0.25) is 0 Å². The van der Waals surface area contributed by atoms with Crippen molar-refractivity contribution in [2.45, 2.75) is 55.5 Å². The summed E-state index contributed by atoms with van der Waals surface area (Å²) in [4.78, 5) is 0.240. The number of rotatable bonds is 3. The Kier molecular flexibility index (Phi) is 4.32. The van der Waals surface area contributed by atoms with Crippen LogP contribution in [0.1, 0.15) is 37.2 Å². The van der Waals surface area contributed by atoms with E-state index in [4.69, 9.17) is 20.8 Å². The van der Waals surface area contributed by atoms with Crippen molar-refractivity contribution in [3.8, 4) is 0 Å². The van der Waals surface area contributed by atoms with E-state index in [1.165, 1.54) is 0 Å². The molecule has 7 heteroatoms. The van der Waals surface area contributed by atoms with Gasteiger partial charge in [0, 0.05) is 12.6 Å². The molecule has 5 nitrogen and oxygen atoms in total. The highest BCUT2D eigenvalue weighted by molar-refractivity contribution is 7.89. The molecule has 1 aliphatic heterocycles. The molecule has 2 atom stereocenters. The molecular formula is C14H20ClNO4S. The van der Waals surface area contributed by atoms with Crippen LogP contribution in [-0.2, 0) is 20.6 Å². The Labute approximate surface area is 130 Å². The van der Waals surface area contributed by atoms with Gasteiger partial charge < -0.3 is 9.15 Å². The number of sulfonamides is 1. The zero-order chi connectivity index (χ0) is 15.0. The smallest absolute Gasteiger partial charge is 0.246 e. The van der Waals surface area contributed by atoms with Gasteiger partial charge in [0.25, 0.3) is 0 Å². The van der Waals surface area contributed by atoms with Gasteiger partial charge in [-0.25, -0.2) is 8.42 Å². The third-order valence-corrected chi connectivity index (χ3v) is 6.62. The molecule has 2 fully saturated rings. The lowest BCUT2D eigenvalue weighted by Crippen LogP contribution is -2.54. The highest BCUT2D eigenvalue weighted by Crippen LogP contribution is 2.34. The van der Waals surface area contributed by atoms with E-state index in [1.54, 1.807) is 17.3 Å². The molecule has 3 rings (SSSR count). The van der Waals surface area contributed by atoms with Crippen LogP contribution in [-0.4, -0.2) is 38.0 Å². The number of morpholine rings is 1. The van der Waals surface area contributed by atoms with E-state index in [0.717, 1.165) is 25.7 Å². The van der Waals surface area contributed by atoms with E-state index in [1.807, 2.05) is 0 Å². The molecule has 0 amide bonds. The molecule has 2 unspecified atom stereocenters. The Hall–Kier alpha value is -0.560. The molecule has 0 spiro atoms. The molecule has 0 bridgehead atoms. The maximum atomic E-state index is 13.0. The molecule has 118 valence electrons. The quantitative estimate of drug-likeness (QED) is 0.798. The van der Waals surface area contributed by atoms with Crippen molar-refractivity contribution in [2.24, 2.45) is 0 Å². The number of halogens is 1. The fraction of sp³-hybridized carbons (Fsp3) is 0.714. The van der Waals surface area contributed by atoms with Crippen LogP contribution >= 0.6 is 11.6 Å². The number of hydrogen-bond acceptors (Lipinski definition) is 4. The molecular weight excluding hydrogens is 314 g/mol. The first-order chi connectivity index (χ1) is 10.0. The first kappa shape index (κ1) is 15.3. The topological polar surface area (TPSA) is 59.8 Å². The van der Waals surface area contributed by atoms with Crippen molar-refractivity contribution < 1.29 is 17.6 Å². The number of fused-ring (bicyclic) bond motifs is 1. The van der Waals surface area contributed by atoms with Crippen LogP contribution in [0.3, 0.4) is 0 Å². The minimum atomic E-state index is -3.55. The number of hydrogen-bond donors (Lipinski definition) is 0. The van der Waals surface area contributed by atoms with Crippen LogP contribution in [0, 0.1) is 6.92 Å². The van der Waals surface area contributed by atoms with E-state index in [2.05, 4.69) is 0 Å². The summed E-state index contributed by atoms with van der Waals surface area (Å²) >= 11 is 5.74. The predicted molar refractivity (Wildman–Crippen MR) is 78.9 cm³/mol. The zero-order valence-corrected chi connectivity index (χ0v) is 13.6. The third kappa shape index (κ3) is 2.74. The summed E-state index contributed by atoms with van der Waals surface area (Å²) in [7, 11) is -3.55. The first-order valence-electron chi connectivity index (χ1n) is 7.33. The summed E-state index contributed by atoms with van der Waals surface area (Å²) in [6.07, 6.45) is 3.99. The lowest BCUT2D eigenvalue weighted by atomic mass is 9.91. The molecule has 1 aromatic heterocycles. The average Bonchev–Trinajstić information content (AvgIpc) is 2.88. The van der Waals surface area contributed by atoms with Crippen molar-refractivity contribution in [3.05, 3.63) is 17.6 Å². The summed E-state index contributed by atoms with van der Waals surface area (Å²) in [5, 5.41) is 0. The molecule has 0 N–H and O–H groups in total. The van der Waals surface area contributed by atoms with Crippen LogP contribution in [0.5, 0.6) is 0 Å². The molecule has 0 radical (unpaired) electrons. The predicted octanol–water partition coefficient (Wildman–Crippen LogP) is 2.66. The lowest BCUT2D eigenvalue weighted by Gasteiger charge is -2.42. The molecule has 2 aliphatic rings. The van der Waals surface area contributed by atoms with Crippen molar-refractivity contribution in [3.63, 3.8) is 0 Å².